The van der Waals surface area contributed by atoms with E-state index in [1.54, 1.807) is 6.07 Å². The largest absolute Gasteiger partial charge is 0.505 e. The molecule has 2 aromatic carbocycles. The third-order valence-corrected chi connectivity index (χ3v) is 3.85. The fraction of sp³-hybridized carbons (Fsp3) is 0.381. The van der Waals surface area contributed by atoms with E-state index in [0.717, 1.165) is 5.56 Å². The van der Waals surface area contributed by atoms with Gasteiger partial charge in [-0.2, -0.15) is 0 Å². The summed E-state index contributed by atoms with van der Waals surface area (Å²) in [5.74, 6) is 0.153. The topological polar surface area (TPSA) is 86.1 Å². The minimum atomic E-state index is -0.745. The number of rotatable bonds is 8. The number of halogens is 2. The smallest absolute Gasteiger partial charge is 0.191 e. The van der Waals surface area contributed by atoms with Crippen LogP contribution >= 0.6 is 24.0 Å². The lowest BCUT2D eigenvalue weighted by molar-refractivity contribution is 0.179. The van der Waals surface area contributed by atoms with Crippen molar-refractivity contribution in [3.8, 4) is 11.5 Å². The molecule has 2 rings (SSSR count). The molecule has 0 aliphatic rings. The maximum absolute atomic E-state index is 13.4. The third-order valence-electron chi connectivity index (χ3n) is 3.85. The molecule has 0 radical (unpaired) electrons. The van der Waals surface area contributed by atoms with Crippen molar-refractivity contribution in [2.75, 3.05) is 13.1 Å². The summed E-state index contributed by atoms with van der Waals surface area (Å²) in [6.07, 6.45) is -0.687. The molecule has 0 saturated carbocycles. The Hall–Kier alpha value is -2.07. The van der Waals surface area contributed by atoms with Crippen LogP contribution in [0, 0.1) is 5.82 Å². The van der Waals surface area contributed by atoms with E-state index in [1.807, 2.05) is 45.0 Å². The molecule has 4 N–H and O–H groups in total. The van der Waals surface area contributed by atoms with Crippen molar-refractivity contribution in [3.63, 3.8) is 0 Å². The Kier molecular flexibility index (Phi) is 10.7. The summed E-state index contributed by atoms with van der Waals surface area (Å²) in [6.45, 7) is 6.96. The Morgan fingerprint density at radius 3 is 2.59 bits per heavy atom. The van der Waals surface area contributed by atoms with Gasteiger partial charge in [0.1, 0.15) is 5.75 Å². The van der Waals surface area contributed by atoms with Crippen LogP contribution in [0.4, 0.5) is 4.39 Å². The second-order valence-electron chi connectivity index (χ2n) is 6.62. The van der Waals surface area contributed by atoms with Gasteiger partial charge in [0.2, 0.25) is 0 Å². The standard InChI is InChI=1S/C21H28FN3O3.HI/c1-4-23-21(24-12-15-8-9-19(26)18(22)10-15)25-13-20(27)16-6-5-7-17(11-16)28-14(2)3;/h5-11,14,20,26-27H,4,12-13H2,1-3H3,(H2,23,24,25);1H. The van der Waals surface area contributed by atoms with Gasteiger partial charge in [0.05, 0.1) is 18.8 Å². The Balaban J connectivity index is 0.00000420. The van der Waals surface area contributed by atoms with Crippen LogP contribution in [0.3, 0.4) is 0 Å². The number of guanidine groups is 1. The molecule has 0 saturated heterocycles. The van der Waals surface area contributed by atoms with Crippen molar-refractivity contribution in [1.29, 1.82) is 0 Å². The Labute approximate surface area is 188 Å². The normalized spacial score (nSPS) is 12.3. The number of phenolic OH excluding ortho intramolecular Hbond substituents is 1. The number of aliphatic hydroxyl groups excluding tert-OH is 1. The lowest BCUT2D eigenvalue weighted by atomic mass is 10.1. The van der Waals surface area contributed by atoms with Crippen LogP contribution in [-0.4, -0.2) is 35.4 Å². The lowest BCUT2D eigenvalue weighted by Crippen LogP contribution is -2.39. The molecule has 0 fully saturated rings. The number of aliphatic hydroxyl groups is 1. The summed E-state index contributed by atoms with van der Waals surface area (Å²) < 4.78 is 19.1. The molecule has 1 unspecified atom stereocenters. The molecule has 0 spiro atoms. The van der Waals surface area contributed by atoms with Gasteiger partial charge in [0, 0.05) is 13.1 Å². The van der Waals surface area contributed by atoms with Gasteiger partial charge in [-0.25, -0.2) is 9.38 Å². The van der Waals surface area contributed by atoms with Gasteiger partial charge < -0.3 is 25.6 Å². The summed E-state index contributed by atoms with van der Waals surface area (Å²) in [7, 11) is 0. The minimum Gasteiger partial charge on any atom is -0.505 e. The highest BCUT2D eigenvalue weighted by atomic mass is 127. The second kappa shape index (κ2) is 12.5. The van der Waals surface area contributed by atoms with Gasteiger partial charge >= 0.3 is 0 Å². The summed E-state index contributed by atoms with van der Waals surface area (Å²) in [6, 6.07) is 11.5. The third kappa shape index (κ3) is 8.45. The number of aliphatic imine (C=N–C) groups is 1. The number of ether oxygens (including phenoxy) is 1. The van der Waals surface area contributed by atoms with E-state index in [2.05, 4.69) is 15.6 Å². The van der Waals surface area contributed by atoms with Gasteiger partial charge in [0.15, 0.2) is 17.5 Å². The SMILES string of the molecule is CCNC(=NCc1ccc(O)c(F)c1)NCC(O)c1cccc(OC(C)C)c1.I. The lowest BCUT2D eigenvalue weighted by Gasteiger charge is -2.17. The first-order chi connectivity index (χ1) is 13.4. The highest BCUT2D eigenvalue weighted by Crippen LogP contribution is 2.20. The first-order valence-electron chi connectivity index (χ1n) is 9.33. The highest BCUT2D eigenvalue weighted by molar-refractivity contribution is 14.0. The number of nitrogens with zero attached hydrogens (tertiary/aromatic N) is 1. The minimum absolute atomic E-state index is 0. The van der Waals surface area contributed by atoms with Crippen LogP contribution in [0.25, 0.3) is 0 Å². The van der Waals surface area contributed by atoms with E-state index >= 15 is 0 Å². The number of nitrogens with one attached hydrogen (secondary N) is 2. The molecule has 160 valence electrons. The molecule has 0 aliphatic carbocycles. The molecule has 0 bridgehead atoms. The number of phenols is 1. The first-order valence-corrected chi connectivity index (χ1v) is 9.33. The molecule has 0 amide bonds. The van der Waals surface area contributed by atoms with Crippen molar-refractivity contribution in [2.45, 2.75) is 39.5 Å². The quantitative estimate of drug-likeness (QED) is 0.244. The van der Waals surface area contributed by atoms with Crippen molar-refractivity contribution >= 4 is 29.9 Å². The molecular weight excluding hydrogens is 488 g/mol. The number of hydrogen-bond acceptors (Lipinski definition) is 4. The fourth-order valence-electron chi connectivity index (χ4n) is 2.54. The van der Waals surface area contributed by atoms with Gasteiger partial charge in [0.25, 0.3) is 0 Å². The van der Waals surface area contributed by atoms with Crippen molar-refractivity contribution in [3.05, 3.63) is 59.4 Å². The summed E-state index contributed by atoms with van der Waals surface area (Å²) >= 11 is 0. The second-order valence-corrected chi connectivity index (χ2v) is 6.62. The van der Waals surface area contributed by atoms with E-state index in [-0.39, 0.29) is 48.9 Å². The maximum Gasteiger partial charge on any atom is 0.191 e. The zero-order valence-electron chi connectivity index (χ0n) is 16.9. The van der Waals surface area contributed by atoms with E-state index in [4.69, 9.17) is 4.74 Å². The highest BCUT2D eigenvalue weighted by Gasteiger charge is 2.10. The zero-order valence-corrected chi connectivity index (χ0v) is 19.2. The zero-order chi connectivity index (χ0) is 20.5. The average Bonchev–Trinajstić information content (AvgIpc) is 2.66. The molecule has 6 nitrogen and oxygen atoms in total. The van der Waals surface area contributed by atoms with E-state index in [1.165, 1.54) is 12.1 Å². The Bertz CT molecular complexity index is 802. The number of benzene rings is 2. The van der Waals surface area contributed by atoms with Crippen LogP contribution in [0.15, 0.2) is 47.5 Å². The molecule has 8 heteroatoms. The summed E-state index contributed by atoms with van der Waals surface area (Å²) in [5.41, 5.74) is 1.37. The van der Waals surface area contributed by atoms with E-state index in [9.17, 15) is 14.6 Å². The predicted octanol–water partition coefficient (Wildman–Crippen LogP) is 3.73. The molecule has 1 atom stereocenters. The van der Waals surface area contributed by atoms with Gasteiger partial charge in [-0.1, -0.05) is 18.2 Å². The van der Waals surface area contributed by atoms with Crippen LogP contribution in [0.5, 0.6) is 11.5 Å². The predicted molar refractivity (Wildman–Crippen MR) is 123 cm³/mol. The number of aromatic hydroxyl groups is 1. The summed E-state index contributed by atoms with van der Waals surface area (Å²) in [5, 5.41) is 25.9. The molecule has 2 aromatic rings. The first kappa shape index (κ1) is 25.0. The van der Waals surface area contributed by atoms with Gasteiger partial charge in [-0.15, -0.1) is 24.0 Å². The Morgan fingerprint density at radius 1 is 1.17 bits per heavy atom. The van der Waals surface area contributed by atoms with E-state index < -0.39 is 11.9 Å². The molecular formula is C21H29FIN3O3. The van der Waals surface area contributed by atoms with Gasteiger partial charge in [-0.3, -0.25) is 0 Å². The van der Waals surface area contributed by atoms with E-state index in [0.29, 0.717) is 23.8 Å². The number of hydrogen-bond donors (Lipinski definition) is 4. The van der Waals surface area contributed by atoms with Gasteiger partial charge in [-0.05, 0) is 56.2 Å². The average molecular weight is 517 g/mol. The van der Waals surface area contributed by atoms with Crippen LogP contribution < -0.4 is 15.4 Å². The summed E-state index contributed by atoms with van der Waals surface area (Å²) in [4.78, 5) is 4.39. The van der Waals surface area contributed by atoms with Crippen molar-refractivity contribution in [1.82, 2.24) is 10.6 Å². The van der Waals surface area contributed by atoms with Crippen LogP contribution in [0.1, 0.15) is 38.0 Å². The van der Waals surface area contributed by atoms with Crippen LogP contribution in [-0.2, 0) is 6.54 Å². The molecule has 29 heavy (non-hydrogen) atoms. The fourth-order valence-corrected chi connectivity index (χ4v) is 2.54. The Morgan fingerprint density at radius 2 is 1.93 bits per heavy atom. The van der Waals surface area contributed by atoms with Crippen LogP contribution in [0.2, 0.25) is 0 Å². The monoisotopic (exact) mass is 517 g/mol. The molecule has 0 aromatic heterocycles. The van der Waals surface area contributed by atoms with Crippen molar-refractivity contribution < 1.29 is 19.3 Å². The van der Waals surface area contributed by atoms with Crippen molar-refractivity contribution in [2.24, 2.45) is 4.99 Å². The molecule has 0 heterocycles. The maximum atomic E-state index is 13.4. The molecule has 0 aliphatic heterocycles.